The van der Waals surface area contributed by atoms with Gasteiger partial charge in [-0.15, -0.1) is 0 Å². The molecule has 0 fully saturated rings. The van der Waals surface area contributed by atoms with E-state index in [9.17, 15) is 0 Å². The molecule has 132 valence electrons. The summed E-state index contributed by atoms with van der Waals surface area (Å²) in [6, 6.07) is 28.2. The van der Waals surface area contributed by atoms with Gasteiger partial charge in [-0.25, -0.2) is 0 Å². The molecule has 0 aromatic heterocycles. The van der Waals surface area contributed by atoms with Crippen molar-refractivity contribution in [3.63, 3.8) is 0 Å². The summed E-state index contributed by atoms with van der Waals surface area (Å²) in [6.07, 6.45) is 0.855. The topological polar surface area (TPSA) is 26.0 Å². The lowest BCUT2D eigenvalue weighted by Gasteiger charge is -2.25. The Morgan fingerprint density at radius 1 is 0.741 bits per heavy atom. The van der Waals surface area contributed by atoms with Crippen molar-refractivity contribution in [2.24, 2.45) is 0 Å². The van der Waals surface area contributed by atoms with Crippen LogP contribution in [0.2, 0.25) is 0 Å². The molecule has 0 atom stereocenters. The molecule has 2 N–H and O–H groups in total. The van der Waals surface area contributed by atoms with E-state index in [0.29, 0.717) is 0 Å². The highest BCUT2D eigenvalue weighted by molar-refractivity contribution is 5.90. The molecule has 0 spiro atoms. The number of hydrogen-bond donors (Lipinski definition) is 1. The third kappa shape index (κ3) is 2.31. The SMILES string of the molecule is CC1(C)c2ccccc2-c2cccc(Cc3c(N)ccc4ccccc34)c21. The van der Waals surface area contributed by atoms with Crippen molar-refractivity contribution in [3.05, 3.63) is 101 Å². The maximum atomic E-state index is 6.43. The Hall–Kier alpha value is -3.06. The number of nitrogens with two attached hydrogens (primary N) is 1. The van der Waals surface area contributed by atoms with Gasteiger partial charge in [0.25, 0.3) is 0 Å². The van der Waals surface area contributed by atoms with Crippen LogP contribution in [0, 0.1) is 0 Å². The number of benzene rings is 4. The first-order chi connectivity index (χ1) is 13.1. The van der Waals surface area contributed by atoms with Crippen LogP contribution in [0.25, 0.3) is 21.9 Å². The zero-order chi connectivity index (χ0) is 18.6. The number of anilines is 1. The third-order valence-corrected chi connectivity index (χ3v) is 6.11. The lowest BCUT2D eigenvalue weighted by atomic mass is 9.79. The first kappa shape index (κ1) is 16.1. The molecule has 5 rings (SSSR count). The maximum Gasteiger partial charge on any atom is 0.0356 e. The quantitative estimate of drug-likeness (QED) is 0.421. The van der Waals surface area contributed by atoms with Crippen LogP contribution in [0.5, 0.6) is 0 Å². The van der Waals surface area contributed by atoms with Gasteiger partial charge in [-0.1, -0.05) is 86.6 Å². The number of hydrogen-bond acceptors (Lipinski definition) is 1. The van der Waals surface area contributed by atoms with Gasteiger partial charge in [0.2, 0.25) is 0 Å². The Morgan fingerprint density at radius 3 is 2.37 bits per heavy atom. The molecule has 4 aromatic rings. The average molecular weight is 349 g/mol. The van der Waals surface area contributed by atoms with Gasteiger partial charge in [-0.2, -0.15) is 0 Å². The smallest absolute Gasteiger partial charge is 0.0356 e. The normalized spacial score (nSPS) is 14.1. The number of nitrogen functional groups attached to an aromatic ring is 1. The van der Waals surface area contributed by atoms with E-state index in [-0.39, 0.29) is 5.41 Å². The monoisotopic (exact) mass is 349 g/mol. The molecule has 0 amide bonds. The minimum Gasteiger partial charge on any atom is -0.398 e. The van der Waals surface area contributed by atoms with Crippen LogP contribution in [0.3, 0.4) is 0 Å². The number of rotatable bonds is 2. The molecule has 0 heterocycles. The highest BCUT2D eigenvalue weighted by Gasteiger charge is 2.36. The fraction of sp³-hybridized carbons (Fsp3) is 0.154. The van der Waals surface area contributed by atoms with E-state index in [1.54, 1.807) is 0 Å². The fourth-order valence-electron chi connectivity index (χ4n) is 4.85. The molecule has 1 aliphatic carbocycles. The van der Waals surface area contributed by atoms with Crippen LogP contribution in [0.15, 0.2) is 78.9 Å². The molecule has 0 unspecified atom stereocenters. The van der Waals surface area contributed by atoms with Gasteiger partial charge in [-0.05, 0) is 50.2 Å². The maximum absolute atomic E-state index is 6.43. The van der Waals surface area contributed by atoms with E-state index in [4.69, 9.17) is 5.73 Å². The van der Waals surface area contributed by atoms with Crippen molar-refractivity contribution < 1.29 is 0 Å². The predicted octanol–water partition coefficient (Wildman–Crippen LogP) is 6.32. The largest absolute Gasteiger partial charge is 0.398 e. The zero-order valence-electron chi connectivity index (χ0n) is 15.8. The van der Waals surface area contributed by atoms with Crippen LogP contribution >= 0.6 is 0 Å². The summed E-state index contributed by atoms with van der Waals surface area (Å²) in [4.78, 5) is 0. The van der Waals surface area contributed by atoms with Gasteiger partial charge in [-0.3, -0.25) is 0 Å². The minimum absolute atomic E-state index is 0.00185. The Morgan fingerprint density at radius 2 is 1.48 bits per heavy atom. The Balaban J connectivity index is 1.72. The molecule has 0 radical (unpaired) electrons. The van der Waals surface area contributed by atoms with Crippen LogP contribution in [-0.4, -0.2) is 0 Å². The summed E-state index contributed by atoms with van der Waals surface area (Å²) >= 11 is 0. The van der Waals surface area contributed by atoms with Crippen molar-refractivity contribution in [2.75, 3.05) is 5.73 Å². The molecular weight excluding hydrogens is 326 g/mol. The van der Waals surface area contributed by atoms with Gasteiger partial charge in [0.05, 0.1) is 0 Å². The number of fused-ring (bicyclic) bond motifs is 4. The van der Waals surface area contributed by atoms with Crippen molar-refractivity contribution in [2.45, 2.75) is 25.7 Å². The summed E-state index contributed by atoms with van der Waals surface area (Å²) in [5.41, 5.74) is 15.5. The molecule has 0 bridgehead atoms. The van der Waals surface area contributed by atoms with Crippen LogP contribution in [-0.2, 0) is 11.8 Å². The molecule has 0 saturated heterocycles. The molecule has 0 saturated carbocycles. The molecule has 1 heteroatoms. The lowest BCUT2D eigenvalue weighted by Crippen LogP contribution is -2.17. The first-order valence-corrected chi connectivity index (χ1v) is 9.56. The zero-order valence-corrected chi connectivity index (χ0v) is 15.8. The molecule has 27 heavy (non-hydrogen) atoms. The van der Waals surface area contributed by atoms with Crippen molar-refractivity contribution >= 4 is 16.5 Å². The van der Waals surface area contributed by atoms with E-state index < -0.39 is 0 Å². The van der Waals surface area contributed by atoms with E-state index in [0.717, 1.165) is 12.1 Å². The van der Waals surface area contributed by atoms with Gasteiger partial charge < -0.3 is 5.73 Å². The molecular formula is C26H23N. The molecule has 4 aromatic carbocycles. The Bertz CT molecular complexity index is 1180. The van der Waals surface area contributed by atoms with Gasteiger partial charge >= 0.3 is 0 Å². The van der Waals surface area contributed by atoms with Gasteiger partial charge in [0.1, 0.15) is 0 Å². The average Bonchev–Trinajstić information content (AvgIpc) is 2.93. The van der Waals surface area contributed by atoms with Crippen LogP contribution in [0.1, 0.15) is 36.1 Å². The molecule has 0 aliphatic heterocycles. The van der Waals surface area contributed by atoms with Crippen molar-refractivity contribution in [3.8, 4) is 11.1 Å². The predicted molar refractivity (Wildman–Crippen MR) is 115 cm³/mol. The standard InChI is InChI=1S/C26H23N/c1-26(2)23-13-6-5-11-20(23)21-12-7-9-18(25(21)26)16-22-19-10-4-3-8-17(19)14-15-24(22)27/h3-15H,16,27H2,1-2H3. The van der Waals surface area contributed by atoms with Crippen molar-refractivity contribution in [1.82, 2.24) is 0 Å². The fourth-order valence-corrected chi connectivity index (χ4v) is 4.85. The van der Waals surface area contributed by atoms with Gasteiger partial charge in [0, 0.05) is 17.5 Å². The van der Waals surface area contributed by atoms with Crippen LogP contribution in [0.4, 0.5) is 5.69 Å². The highest BCUT2D eigenvalue weighted by Crippen LogP contribution is 2.50. The second-order valence-electron chi connectivity index (χ2n) is 8.04. The second kappa shape index (κ2) is 5.72. The minimum atomic E-state index is 0.00185. The van der Waals surface area contributed by atoms with E-state index in [1.807, 2.05) is 6.07 Å². The third-order valence-electron chi connectivity index (χ3n) is 6.11. The summed E-state index contributed by atoms with van der Waals surface area (Å²) < 4.78 is 0. The Labute approximate surface area is 160 Å². The summed E-state index contributed by atoms with van der Waals surface area (Å²) in [5, 5.41) is 2.50. The first-order valence-electron chi connectivity index (χ1n) is 9.56. The van der Waals surface area contributed by atoms with Crippen LogP contribution < -0.4 is 5.73 Å². The Kier molecular flexibility index (Phi) is 3.42. The van der Waals surface area contributed by atoms with Crippen molar-refractivity contribution in [1.29, 1.82) is 0 Å². The van der Waals surface area contributed by atoms with E-state index in [1.165, 1.54) is 44.2 Å². The molecule has 1 nitrogen and oxygen atoms in total. The summed E-state index contributed by atoms with van der Waals surface area (Å²) in [7, 11) is 0. The molecule has 1 aliphatic rings. The summed E-state index contributed by atoms with van der Waals surface area (Å²) in [5.74, 6) is 0. The van der Waals surface area contributed by atoms with E-state index in [2.05, 4.69) is 86.6 Å². The van der Waals surface area contributed by atoms with E-state index >= 15 is 0 Å². The lowest BCUT2D eigenvalue weighted by molar-refractivity contribution is 0.653. The highest BCUT2D eigenvalue weighted by atomic mass is 14.6. The summed E-state index contributed by atoms with van der Waals surface area (Å²) in [6.45, 7) is 4.68. The second-order valence-corrected chi connectivity index (χ2v) is 8.04. The van der Waals surface area contributed by atoms with Gasteiger partial charge in [0.15, 0.2) is 0 Å².